The molecular formula is C21H43N5O7. The van der Waals surface area contributed by atoms with Crippen LogP contribution in [-0.4, -0.2) is 115 Å². The molecule has 3 fully saturated rings. The molecular weight excluding hydrogens is 434 g/mol. The summed E-state index contributed by atoms with van der Waals surface area (Å²) in [4.78, 5) is 0. The maximum absolute atomic E-state index is 11.1. The molecule has 2 saturated heterocycles. The predicted molar refractivity (Wildman–Crippen MR) is 120 cm³/mol. The molecule has 1 saturated carbocycles. The smallest absolute Gasteiger partial charge is 0.185 e. The molecule has 0 aromatic heterocycles. The quantitative estimate of drug-likeness (QED) is 0.182. The normalized spacial score (nSPS) is 50.2. The van der Waals surface area contributed by atoms with Crippen molar-refractivity contribution < 1.29 is 34.3 Å². The molecule has 0 amide bonds. The molecule has 0 aromatic carbocycles. The van der Waals surface area contributed by atoms with Gasteiger partial charge >= 0.3 is 0 Å². The van der Waals surface area contributed by atoms with Crippen molar-refractivity contribution in [2.45, 2.75) is 112 Å². The molecule has 3 rings (SSSR count). The first kappa shape index (κ1) is 27.1. The molecule has 11 N–H and O–H groups in total. The van der Waals surface area contributed by atoms with Gasteiger partial charge in [0.25, 0.3) is 0 Å². The van der Waals surface area contributed by atoms with Crippen LogP contribution in [0, 0.1) is 0 Å². The van der Waals surface area contributed by atoms with E-state index in [2.05, 4.69) is 10.6 Å². The van der Waals surface area contributed by atoms with Crippen LogP contribution in [0.3, 0.4) is 0 Å². The van der Waals surface area contributed by atoms with Gasteiger partial charge in [-0.2, -0.15) is 0 Å². The van der Waals surface area contributed by atoms with Crippen molar-refractivity contribution in [1.82, 2.24) is 10.6 Å². The molecule has 0 unspecified atom stereocenters. The Morgan fingerprint density at radius 1 is 0.970 bits per heavy atom. The highest BCUT2D eigenvalue weighted by atomic mass is 16.7. The molecule has 12 nitrogen and oxygen atoms in total. The molecule has 0 radical (unpaired) electrons. The van der Waals surface area contributed by atoms with Crippen LogP contribution < -0.4 is 27.8 Å². The van der Waals surface area contributed by atoms with Crippen LogP contribution in [0.5, 0.6) is 0 Å². The van der Waals surface area contributed by atoms with Crippen LogP contribution in [0.25, 0.3) is 0 Å². The van der Waals surface area contributed by atoms with Crippen LogP contribution >= 0.6 is 0 Å². The van der Waals surface area contributed by atoms with Crippen LogP contribution in [0.4, 0.5) is 0 Å². The number of aliphatic hydroxyl groups is 3. The maximum Gasteiger partial charge on any atom is 0.185 e. The lowest BCUT2D eigenvalue weighted by Gasteiger charge is -2.48. The van der Waals surface area contributed by atoms with Gasteiger partial charge in [0.1, 0.15) is 30.0 Å². The van der Waals surface area contributed by atoms with Crippen molar-refractivity contribution in [3.05, 3.63) is 0 Å². The fraction of sp³-hybridized carbons (Fsp3) is 1.00. The minimum absolute atomic E-state index is 0.0620. The maximum atomic E-state index is 11.1. The van der Waals surface area contributed by atoms with Crippen LogP contribution in [0.2, 0.25) is 0 Å². The Morgan fingerprint density at radius 2 is 1.58 bits per heavy atom. The molecule has 1 aliphatic carbocycles. The zero-order chi connectivity index (χ0) is 24.5. The summed E-state index contributed by atoms with van der Waals surface area (Å²) >= 11 is 0. The van der Waals surface area contributed by atoms with E-state index in [1.807, 2.05) is 14.0 Å². The second-order valence-corrected chi connectivity index (χ2v) is 9.91. The largest absolute Gasteiger partial charge is 0.388 e. The molecule has 2 aliphatic heterocycles. The molecule has 0 bridgehead atoms. The third-order valence-electron chi connectivity index (χ3n) is 7.24. The molecule has 12 heteroatoms. The number of hydrogen-bond acceptors (Lipinski definition) is 12. The molecule has 33 heavy (non-hydrogen) atoms. The van der Waals surface area contributed by atoms with Gasteiger partial charge in [-0.25, -0.2) is 0 Å². The highest BCUT2D eigenvalue weighted by Crippen LogP contribution is 2.31. The third-order valence-corrected chi connectivity index (χ3v) is 7.24. The van der Waals surface area contributed by atoms with Gasteiger partial charge in [-0.1, -0.05) is 0 Å². The molecule has 13 atom stereocenters. The van der Waals surface area contributed by atoms with Gasteiger partial charge in [0.2, 0.25) is 0 Å². The number of ether oxygens (including phenoxy) is 4. The van der Waals surface area contributed by atoms with E-state index in [1.54, 1.807) is 14.0 Å². The summed E-state index contributed by atoms with van der Waals surface area (Å²) < 4.78 is 23.7. The number of nitrogens with one attached hydrogen (secondary N) is 2. The van der Waals surface area contributed by atoms with Gasteiger partial charge in [-0.15, -0.1) is 0 Å². The summed E-state index contributed by atoms with van der Waals surface area (Å²) in [6.07, 6.45) is -4.22. The molecule has 194 valence electrons. The summed E-state index contributed by atoms with van der Waals surface area (Å²) in [5, 5.41) is 38.3. The molecule has 3 aliphatic rings. The van der Waals surface area contributed by atoms with Gasteiger partial charge in [0, 0.05) is 18.1 Å². The zero-order valence-electron chi connectivity index (χ0n) is 20.0. The Hall–Kier alpha value is -0.480. The summed E-state index contributed by atoms with van der Waals surface area (Å²) in [7, 11) is 3.49. The fourth-order valence-corrected chi connectivity index (χ4v) is 5.04. The minimum Gasteiger partial charge on any atom is -0.388 e. The van der Waals surface area contributed by atoms with E-state index in [4.69, 9.17) is 36.1 Å². The number of aliphatic hydroxyl groups excluding tert-OH is 2. The van der Waals surface area contributed by atoms with Crippen molar-refractivity contribution in [3.63, 3.8) is 0 Å². The lowest BCUT2D eigenvalue weighted by molar-refractivity contribution is -0.307. The summed E-state index contributed by atoms with van der Waals surface area (Å²) in [5.41, 5.74) is 17.5. The topological polar surface area (TPSA) is 200 Å². The summed E-state index contributed by atoms with van der Waals surface area (Å²) in [6, 6.07) is -2.11. The highest BCUT2D eigenvalue weighted by molar-refractivity contribution is 5.02. The van der Waals surface area contributed by atoms with Crippen LogP contribution in [-0.2, 0) is 18.9 Å². The van der Waals surface area contributed by atoms with Gasteiger partial charge in [-0.3, -0.25) is 0 Å². The Morgan fingerprint density at radius 3 is 2.15 bits per heavy atom. The minimum atomic E-state index is -1.29. The SMILES string of the molecule is CN[C@@H]1[C@@H](O)[C@@H](O[C@@H]2[C@@H](O)[C@@H](O[C@H]3O[C@H]([C@@H](C)NC)CC[C@H]3N)[C@@H](N)C[C@H]2N)OC[C@]1(C)O. The lowest BCUT2D eigenvalue weighted by atomic mass is 9.84. The second-order valence-electron chi connectivity index (χ2n) is 9.91. The predicted octanol–water partition coefficient (Wildman–Crippen LogP) is -3.33. The van der Waals surface area contributed by atoms with Crippen LogP contribution in [0.15, 0.2) is 0 Å². The monoisotopic (exact) mass is 477 g/mol. The molecule has 0 aromatic rings. The summed E-state index contributed by atoms with van der Waals surface area (Å²) in [6.45, 7) is 3.52. The van der Waals surface area contributed by atoms with E-state index in [1.165, 1.54) is 0 Å². The van der Waals surface area contributed by atoms with E-state index < -0.39 is 60.7 Å². The first-order valence-corrected chi connectivity index (χ1v) is 11.8. The zero-order valence-corrected chi connectivity index (χ0v) is 20.0. The van der Waals surface area contributed by atoms with Gasteiger partial charge < -0.3 is 62.1 Å². The Bertz CT molecular complexity index is 632. The Labute approximate surface area is 195 Å². The number of hydrogen-bond donors (Lipinski definition) is 8. The average Bonchev–Trinajstić information content (AvgIpc) is 2.76. The standard InChI is InChI=1S/C21H43N5O7/c1-9(25-3)13-6-5-10(22)19(31-13)32-16-11(23)7-12(24)17(14(16)27)33-20-15(28)18(26-4)21(2,29)8-30-20/h9-20,25-29H,5-8,22-24H2,1-4H3/t9-,10-,11+,12-,13+,14+,15-,16+,17+,18-,19-,20-,21+/m1/s1. The Kier molecular flexibility index (Phi) is 9.09. The summed E-state index contributed by atoms with van der Waals surface area (Å²) in [5.74, 6) is 0. The van der Waals surface area contributed by atoms with Crippen molar-refractivity contribution in [1.29, 1.82) is 0 Å². The van der Waals surface area contributed by atoms with E-state index in [0.29, 0.717) is 12.8 Å². The lowest BCUT2D eigenvalue weighted by Crippen LogP contribution is -2.68. The number of nitrogens with two attached hydrogens (primary N) is 3. The van der Waals surface area contributed by atoms with E-state index in [0.717, 1.165) is 6.42 Å². The Balaban J connectivity index is 1.68. The molecule has 2 heterocycles. The van der Waals surface area contributed by atoms with E-state index in [9.17, 15) is 15.3 Å². The van der Waals surface area contributed by atoms with E-state index in [-0.39, 0.29) is 24.8 Å². The van der Waals surface area contributed by atoms with Crippen molar-refractivity contribution >= 4 is 0 Å². The van der Waals surface area contributed by atoms with E-state index >= 15 is 0 Å². The van der Waals surface area contributed by atoms with Crippen molar-refractivity contribution in [3.8, 4) is 0 Å². The number of rotatable bonds is 7. The average molecular weight is 478 g/mol. The van der Waals surface area contributed by atoms with Crippen molar-refractivity contribution in [2.24, 2.45) is 17.2 Å². The second kappa shape index (κ2) is 11.1. The van der Waals surface area contributed by atoms with Crippen molar-refractivity contribution in [2.75, 3.05) is 20.7 Å². The number of likely N-dealkylation sites (N-methyl/N-ethyl adjacent to an activating group) is 2. The van der Waals surface area contributed by atoms with Crippen LogP contribution in [0.1, 0.15) is 33.1 Å². The highest BCUT2D eigenvalue weighted by Gasteiger charge is 2.50. The van der Waals surface area contributed by atoms with Gasteiger partial charge in [-0.05, 0) is 47.2 Å². The first-order chi connectivity index (χ1) is 15.5. The third kappa shape index (κ3) is 5.85. The fourth-order valence-electron chi connectivity index (χ4n) is 5.04. The van der Waals surface area contributed by atoms with Gasteiger partial charge in [0.05, 0.1) is 24.8 Å². The molecule has 0 spiro atoms. The first-order valence-electron chi connectivity index (χ1n) is 11.8. The van der Waals surface area contributed by atoms with Gasteiger partial charge in [0.15, 0.2) is 12.6 Å².